The van der Waals surface area contributed by atoms with E-state index in [2.05, 4.69) is 4.98 Å². The second-order valence-corrected chi connectivity index (χ2v) is 3.90. The molecule has 0 aromatic carbocycles. The van der Waals surface area contributed by atoms with Gasteiger partial charge in [-0.2, -0.15) is 0 Å². The van der Waals surface area contributed by atoms with Gasteiger partial charge in [-0.1, -0.05) is 0 Å². The zero-order valence-corrected chi connectivity index (χ0v) is 8.81. The smallest absolute Gasteiger partial charge is 0.243 e. The zero-order valence-electron chi connectivity index (χ0n) is 8.81. The Morgan fingerprint density at radius 1 is 1.53 bits per heavy atom. The fourth-order valence-electron chi connectivity index (χ4n) is 1.78. The summed E-state index contributed by atoms with van der Waals surface area (Å²) in [6.07, 6.45) is 3.47. The van der Waals surface area contributed by atoms with Crippen molar-refractivity contribution >= 4 is 11.6 Å². The van der Waals surface area contributed by atoms with Gasteiger partial charge in [-0.25, -0.2) is 0 Å². The highest BCUT2D eigenvalue weighted by Gasteiger charge is 2.26. The first-order valence-corrected chi connectivity index (χ1v) is 5.18. The maximum absolute atomic E-state index is 11.8. The molecule has 2 heterocycles. The molecule has 1 aromatic heterocycles. The molecule has 0 aliphatic carbocycles. The zero-order chi connectivity index (χ0) is 10.8. The van der Waals surface area contributed by atoms with Crippen molar-refractivity contribution in [1.82, 2.24) is 4.98 Å². The Hall–Kier alpha value is -1.42. The summed E-state index contributed by atoms with van der Waals surface area (Å²) in [6.45, 7) is 2.67. The lowest BCUT2D eigenvalue weighted by molar-refractivity contribution is -0.120. The molecule has 1 amide bonds. The van der Waals surface area contributed by atoms with Crippen molar-refractivity contribution in [3.8, 4) is 0 Å². The first kappa shape index (κ1) is 10.1. The van der Waals surface area contributed by atoms with Crippen molar-refractivity contribution in [2.45, 2.75) is 25.8 Å². The van der Waals surface area contributed by atoms with E-state index in [1.54, 1.807) is 11.1 Å². The Morgan fingerprint density at radius 3 is 3.00 bits per heavy atom. The predicted octanol–water partition coefficient (Wildman–Crippen LogP) is 0.844. The number of piperidine rings is 1. The number of amides is 1. The molecule has 1 aliphatic heterocycles. The van der Waals surface area contributed by atoms with Crippen molar-refractivity contribution in [3.05, 3.63) is 24.0 Å². The summed E-state index contributed by atoms with van der Waals surface area (Å²) >= 11 is 0. The number of carbonyl (C=O) groups excluding carboxylic acids is 1. The van der Waals surface area contributed by atoms with Crippen molar-refractivity contribution in [3.63, 3.8) is 0 Å². The van der Waals surface area contributed by atoms with Crippen molar-refractivity contribution in [2.24, 2.45) is 5.73 Å². The molecule has 0 bridgehead atoms. The predicted molar refractivity (Wildman–Crippen MR) is 58.5 cm³/mol. The number of hydrogen-bond donors (Lipinski definition) is 1. The van der Waals surface area contributed by atoms with Crippen LogP contribution >= 0.6 is 0 Å². The Labute approximate surface area is 89.1 Å². The van der Waals surface area contributed by atoms with Crippen LogP contribution in [0.2, 0.25) is 0 Å². The maximum atomic E-state index is 11.8. The van der Waals surface area contributed by atoms with Gasteiger partial charge in [-0.3, -0.25) is 9.78 Å². The maximum Gasteiger partial charge on any atom is 0.243 e. The summed E-state index contributed by atoms with van der Waals surface area (Å²) in [5.41, 5.74) is 7.52. The minimum absolute atomic E-state index is 0.00639. The summed E-state index contributed by atoms with van der Waals surface area (Å²) in [5.74, 6) is 0.00639. The number of anilines is 1. The highest BCUT2D eigenvalue weighted by molar-refractivity contribution is 5.97. The molecule has 1 aromatic rings. The lowest BCUT2D eigenvalue weighted by atomic mass is 10.1. The minimum atomic E-state index is -0.347. The van der Waals surface area contributed by atoms with E-state index in [4.69, 9.17) is 5.73 Å². The SMILES string of the molecule is Cc1ccc(N2CCCC(N)C2=O)cn1. The Bertz CT molecular complexity index is 361. The molecule has 4 heteroatoms. The van der Waals surface area contributed by atoms with Crippen molar-refractivity contribution in [2.75, 3.05) is 11.4 Å². The normalized spacial score (nSPS) is 21.9. The number of aromatic nitrogens is 1. The Balaban J connectivity index is 2.22. The molecular weight excluding hydrogens is 190 g/mol. The molecule has 0 radical (unpaired) electrons. The van der Waals surface area contributed by atoms with E-state index < -0.39 is 0 Å². The molecule has 1 saturated heterocycles. The fraction of sp³-hybridized carbons (Fsp3) is 0.455. The van der Waals surface area contributed by atoms with Gasteiger partial charge in [-0.05, 0) is 31.9 Å². The van der Waals surface area contributed by atoms with Gasteiger partial charge in [0.15, 0.2) is 0 Å². The summed E-state index contributed by atoms with van der Waals surface area (Å²) in [7, 11) is 0. The third kappa shape index (κ3) is 1.99. The third-order valence-corrected chi connectivity index (χ3v) is 2.69. The quantitative estimate of drug-likeness (QED) is 0.739. The van der Waals surface area contributed by atoms with E-state index in [1.807, 2.05) is 19.1 Å². The molecular formula is C11H15N3O. The average molecular weight is 205 g/mol. The van der Waals surface area contributed by atoms with Gasteiger partial charge in [0, 0.05) is 12.2 Å². The molecule has 0 saturated carbocycles. The molecule has 0 spiro atoms. The largest absolute Gasteiger partial charge is 0.320 e. The van der Waals surface area contributed by atoms with E-state index in [9.17, 15) is 4.79 Å². The number of pyridine rings is 1. The van der Waals surface area contributed by atoms with Crippen LogP contribution < -0.4 is 10.6 Å². The molecule has 1 atom stereocenters. The van der Waals surface area contributed by atoms with Crippen LogP contribution in [0.1, 0.15) is 18.5 Å². The van der Waals surface area contributed by atoms with E-state index in [1.165, 1.54) is 0 Å². The second-order valence-electron chi connectivity index (χ2n) is 3.90. The molecule has 4 nitrogen and oxygen atoms in total. The molecule has 2 rings (SSSR count). The van der Waals surface area contributed by atoms with Gasteiger partial charge < -0.3 is 10.6 Å². The van der Waals surface area contributed by atoms with E-state index in [0.29, 0.717) is 0 Å². The number of rotatable bonds is 1. The highest BCUT2D eigenvalue weighted by Crippen LogP contribution is 2.19. The first-order valence-electron chi connectivity index (χ1n) is 5.18. The van der Waals surface area contributed by atoms with Crippen LogP contribution in [0.25, 0.3) is 0 Å². The summed E-state index contributed by atoms with van der Waals surface area (Å²) in [6, 6.07) is 3.47. The van der Waals surface area contributed by atoms with Crippen LogP contribution in [0.5, 0.6) is 0 Å². The van der Waals surface area contributed by atoms with Gasteiger partial charge >= 0.3 is 0 Å². The number of nitrogens with two attached hydrogens (primary N) is 1. The minimum Gasteiger partial charge on any atom is -0.320 e. The summed E-state index contributed by atoms with van der Waals surface area (Å²) < 4.78 is 0. The molecule has 80 valence electrons. The van der Waals surface area contributed by atoms with E-state index in [-0.39, 0.29) is 11.9 Å². The first-order chi connectivity index (χ1) is 7.18. The average Bonchev–Trinajstić information content (AvgIpc) is 2.24. The second kappa shape index (κ2) is 3.98. The third-order valence-electron chi connectivity index (χ3n) is 2.69. The summed E-state index contributed by atoms with van der Waals surface area (Å²) in [4.78, 5) is 17.7. The van der Waals surface area contributed by atoms with Gasteiger partial charge in [0.1, 0.15) is 0 Å². The molecule has 1 fully saturated rings. The Kier molecular flexibility index (Phi) is 2.68. The fourth-order valence-corrected chi connectivity index (χ4v) is 1.78. The highest BCUT2D eigenvalue weighted by atomic mass is 16.2. The standard InChI is InChI=1S/C11H15N3O/c1-8-4-5-9(7-13-8)14-6-2-3-10(12)11(14)15/h4-5,7,10H,2-3,6,12H2,1H3. The van der Waals surface area contributed by atoms with Crippen molar-refractivity contribution in [1.29, 1.82) is 0 Å². The molecule has 1 unspecified atom stereocenters. The lowest BCUT2D eigenvalue weighted by Crippen LogP contribution is -2.48. The molecule has 1 aliphatic rings. The van der Waals surface area contributed by atoms with Crippen LogP contribution in [0.4, 0.5) is 5.69 Å². The van der Waals surface area contributed by atoms with Gasteiger partial charge in [0.25, 0.3) is 0 Å². The number of carbonyl (C=O) groups is 1. The van der Waals surface area contributed by atoms with Crippen LogP contribution in [-0.4, -0.2) is 23.5 Å². The van der Waals surface area contributed by atoms with Gasteiger partial charge in [0.2, 0.25) is 5.91 Å². The van der Waals surface area contributed by atoms with E-state index >= 15 is 0 Å². The van der Waals surface area contributed by atoms with Crippen molar-refractivity contribution < 1.29 is 4.79 Å². The van der Waals surface area contributed by atoms with E-state index in [0.717, 1.165) is 30.8 Å². The molecule has 2 N–H and O–H groups in total. The van der Waals surface area contributed by atoms with Gasteiger partial charge in [-0.15, -0.1) is 0 Å². The Morgan fingerprint density at radius 2 is 2.33 bits per heavy atom. The topological polar surface area (TPSA) is 59.2 Å². The summed E-state index contributed by atoms with van der Waals surface area (Å²) in [5, 5.41) is 0. The van der Waals surface area contributed by atoms with Crippen LogP contribution in [0.15, 0.2) is 18.3 Å². The van der Waals surface area contributed by atoms with Crippen LogP contribution in [-0.2, 0) is 4.79 Å². The molecule has 15 heavy (non-hydrogen) atoms. The monoisotopic (exact) mass is 205 g/mol. The number of hydrogen-bond acceptors (Lipinski definition) is 3. The lowest BCUT2D eigenvalue weighted by Gasteiger charge is -2.30. The van der Waals surface area contributed by atoms with Crippen LogP contribution in [0.3, 0.4) is 0 Å². The number of nitrogens with zero attached hydrogens (tertiary/aromatic N) is 2. The number of aryl methyl sites for hydroxylation is 1. The van der Waals surface area contributed by atoms with Gasteiger partial charge in [0.05, 0.1) is 17.9 Å². The van der Waals surface area contributed by atoms with Crippen LogP contribution in [0, 0.1) is 6.92 Å².